The van der Waals surface area contributed by atoms with Crippen molar-refractivity contribution in [2.75, 3.05) is 0 Å². The predicted molar refractivity (Wildman–Crippen MR) is 62.7 cm³/mol. The van der Waals surface area contributed by atoms with Gasteiger partial charge in [0.2, 0.25) is 0 Å². The van der Waals surface area contributed by atoms with E-state index in [1.54, 1.807) is 12.5 Å². The van der Waals surface area contributed by atoms with Crippen LogP contribution in [0.2, 0.25) is 0 Å². The topological polar surface area (TPSA) is 107 Å². The number of nitrogens with zero attached hydrogens (tertiary/aromatic N) is 1. The first kappa shape index (κ1) is 12.4. The molecule has 4 N–H and O–H groups in total. The maximum atomic E-state index is 11.6. The number of amides is 2. The number of aromatic nitrogens is 2. The maximum Gasteiger partial charge on any atom is 0.315 e. The Morgan fingerprint density at radius 3 is 2.94 bits per heavy atom. The van der Waals surface area contributed by atoms with Crippen molar-refractivity contribution in [2.24, 2.45) is 5.92 Å². The highest BCUT2D eigenvalue weighted by Crippen LogP contribution is 2.25. The summed E-state index contributed by atoms with van der Waals surface area (Å²) in [6.45, 7) is 0.376. The van der Waals surface area contributed by atoms with Crippen LogP contribution in [0.4, 0.5) is 4.79 Å². The van der Waals surface area contributed by atoms with E-state index in [2.05, 4.69) is 20.6 Å². The van der Waals surface area contributed by atoms with Gasteiger partial charge in [-0.3, -0.25) is 4.79 Å². The van der Waals surface area contributed by atoms with E-state index in [-0.39, 0.29) is 18.0 Å². The quantitative estimate of drug-likeness (QED) is 0.624. The van der Waals surface area contributed by atoms with Gasteiger partial charge in [0, 0.05) is 12.2 Å². The fourth-order valence-corrected chi connectivity index (χ4v) is 2.13. The van der Waals surface area contributed by atoms with Crippen molar-refractivity contribution in [3.8, 4) is 0 Å². The van der Waals surface area contributed by atoms with Crippen LogP contribution in [-0.4, -0.2) is 33.1 Å². The van der Waals surface area contributed by atoms with Gasteiger partial charge in [-0.15, -0.1) is 0 Å². The zero-order chi connectivity index (χ0) is 13.0. The Morgan fingerprint density at radius 2 is 2.33 bits per heavy atom. The summed E-state index contributed by atoms with van der Waals surface area (Å²) in [7, 11) is 0. The molecule has 0 spiro atoms. The van der Waals surface area contributed by atoms with Crippen LogP contribution in [0.15, 0.2) is 12.5 Å². The summed E-state index contributed by atoms with van der Waals surface area (Å²) in [5.74, 6) is -1.11. The molecular formula is C11H16N4O3. The van der Waals surface area contributed by atoms with Crippen LogP contribution in [0.3, 0.4) is 0 Å². The highest BCUT2D eigenvalue weighted by Gasteiger charge is 2.30. The summed E-state index contributed by atoms with van der Waals surface area (Å²) in [4.78, 5) is 29.1. The minimum Gasteiger partial charge on any atom is -0.481 e. The molecule has 1 heterocycles. The predicted octanol–water partition coefficient (Wildman–Crippen LogP) is 0.462. The van der Waals surface area contributed by atoms with E-state index >= 15 is 0 Å². The molecule has 0 aliphatic heterocycles. The molecule has 0 radical (unpaired) electrons. The number of imidazole rings is 1. The molecule has 0 unspecified atom stereocenters. The van der Waals surface area contributed by atoms with E-state index in [0.29, 0.717) is 25.8 Å². The average Bonchev–Trinajstić information content (AvgIpc) is 2.96. The maximum absolute atomic E-state index is 11.6. The SMILES string of the molecule is O=C(NCc1cnc[nH]1)N[C@H]1CC[C@@H](C(=O)O)C1. The minimum absolute atomic E-state index is 0.0483. The van der Waals surface area contributed by atoms with E-state index < -0.39 is 5.97 Å². The van der Waals surface area contributed by atoms with Gasteiger partial charge in [-0.05, 0) is 19.3 Å². The number of rotatable bonds is 4. The lowest BCUT2D eigenvalue weighted by molar-refractivity contribution is -0.141. The monoisotopic (exact) mass is 252 g/mol. The minimum atomic E-state index is -0.780. The molecule has 2 amide bonds. The Balaban J connectivity index is 1.70. The van der Waals surface area contributed by atoms with Gasteiger partial charge in [0.25, 0.3) is 0 Å². The van der Waals surface area contributed by atoms with Crippen LogP contribution in [0.5, 0.6) is 0 Å². The molecule has 0 saturated heterocycles. The third-order valence-corrected chi connectivity index (χ3v) is 3.11. The van der Waals surface area contributed by atoms with Crippen LogP contribution in [0.1, 0.15) is 25.0 Å². The first-order chi connectivity index (χ1) is 8.65. The normalized spacial score (nSPS) is 22.7. The smallest absolute Gasteiger partial charge is 0.315 e. The molecule has 1 aliphatic carbocycles. The molecule has 1 fully saturated rings. The molecule has 2 atom stereocenters. The summed E-state index contributed by atoms with van der Waals surface area (Å²) in [5, 5.41) is 14.3. The average molecular weight is 252 g/mol. The number of carboxylic acid groups (broad SMARTS) is 1. The molecule has 0 bridgehead atoms. The molecule has 0 aromatic carbocycles. The fraction of sp³-hybridized carbons (Fsp3) is 0.545. The molecule has 1 aromatic rings. The highest BCUT2D eigenvalue weighted by molar-refractivity contribution is 5.75. The van der Waals surface area contributed by atoms with Crippen molar-refractivity contribution >= 4 is 12.0 Å². The Bertz CT molecular complexity index is 418. The molecule has 1 aliphatic rings. The zero-order valence-corrected chi connectivity index (χ0v) is 9.85. The van der Waals surface area contributed by atoms with E-state index in [1.165, 1.54) is 0 Å². The number of carboxylic acids is 1. The van der Waals surface area contributed by atoms with Crippen molar-refractivity contribution in [3.05, 3.63) is 18.2 Å². The molecule has 98 valence electrons. The third-order valence-electron chi connectivity index (χ3n) is 3.11. The Hall–Kier alpha value is -2.05. The molecule has 2 rings (SSSR count). The molecule has 18 heavy (non-hydrogen) atoms. The fourth-order valence-electron chi connectivity index (χ4n) is 2.13. The first-order valence-corrected chi connectivity index (χ1v) is 5.89. The third kappa shape index (κ3) is 3.22. The molecule has 7 heteroatoms. The largest absolute Gasteiger partial charge is 0.481 e. The second-order valence-electron chi connectivity index (χ2n) is 4.45. The summed E-state index contributed by atoms with van der Waals surface area (Å²) < 4.78 is 0. The second-order valence-corrected chi connectivity index (χ2v) is 4.45. The number of aromatic amines is 1. The highest BCUT2D eigenvalue weighted by atomic mass is 16.4. The summed E-state index contributed by atoms with van der Waals surface area (Å²) >= 11 is 0. The first-order valence-electron chi connectivity index (χ1n) is 5.89. The lowest BCUT2D eigenvalue weighted by Gasteiger charge is -2.12. The summed E-state index contributed by atoms with van der Waals surface area (Å²) in [5.41, 5.74) is 0.819. The van der Waals surface area contributed by atoms with Crippen LogP contribution < -0.4 is 10.6 Å². The van der Waals surface area contributed by atoms with Crippen LogP contribution in [0.25, 0.3) is 0 Å². The summed E-state index contributed by atoms with van der Waals surface area (Å²) in [6.07, 6.45) is 5.03. The van der Waals surface area contributed by atoms with Gasteiger partial charge in [0.1, 0.15) is 0 Å². The lowest BCUT2D eigenvalue weighted by Crippen LogP contribution is -2.40. The van der Waals surface area contributed by atoms with E-state index in [0.717, 1.165) is 5.69 Å². The number of urea groups is 1. The van der Waals surface area contributed by atoms with Gasteiger partial charge in [-0.1, -0.05) is 0 Å². The standard InChI is InChI=1S/C11H16N4O3/c16-10(17)7-1-2-8(3-7)15-11(18)13-5-9-4-12-6-14-9/h4,6-8H,1-3,5H2,(H,12,14)(H,16,17)(H2,13,15,18)/t7-,8+/m1/s1. The van der Waals surface area contributed by atoms with Crippen molar-refractivity contribution < 1.29 is 14.7 Å². The van der Waals surface area contributed by atoms with Crippen LogP contribution >= 0.6 is 0 Å². The van der Waals surface area contributed by atoms with Gasteiger partial charge >= 0.3 is 12.0 Å². The van der Waals surface area contributed by atoms with Crippen molar-refractivity contribution in [2.45, 2.75) is 31.8 Å². The molecule has 1 saturated carbocycles. The van der Waals surface area contributed by atoms with Crippen molar-refractivity contribution in [1.29, 1.82) is 0 Å². The number of hydrogen-bond acceptors (Lipinski definition) is 3. The van der Waals surface area contributed by atoms with Gasteiger partial charge < -0.3 is 20.7 Å². The number of hydrogen-bond donors (Lipinski definition) is 4. The van der Waals surface area contributed by atoms with Crippen molar-refractivity contribution in [3.63, 3.8) is 0 Å². The Morgan fingerprint density at radius 1 is 1.50 bits per heavy atom. The van der Waals surface area contributed by atoms with Crippen molar-refractivity contribution in [1.82, 2.24) is 20.6 Å². The van der Waals surface area contributed by atoms with E-state index in [1.807, 2.05) is 0 Å². The molecular weight excluding hydrogens is 236 g/mol. The van der Waals surface area contributed by atoms with Crippen LogP contribution in [0, 0.1) is 5.92 Å². The van der Waals surface area contributed by atoms with E-state index in [4.69, 9.17) is 5.11 Å². The summed E-state index contributed by atoms with van der Waals surface area (Å²) in [6, 6.07) is -0.325. The van der Waals surface area contributed by atoms with Crippen LogP contribution in [-0.2, 0) is 11.3 Å². The second kappa shape index (κ2) is 5.52. The van der Waals surface area contributed by atoms with Gasteiger partial charge in [0.05, 0.1) is 24.5 Å². The Kier molecular flexibility index (Phi) is 3.81. The Labute approximate surface area is 104 Å². The molecule has 7 nitrogen and oxygen atoms in total. The van der Waals surface area contributed by atoms with Gasteiger partial charge in [0.15, 0.2) is 0 Å². The number of carbonyl (C=O) groups excluding carboxylic acids is 1. The zero-order valence-electron chi connectivity index (χ0n) is 9.85. The number of H-pyrrole nitrogens is 1. The number of carbonyl (C=O) groups is 2. The van der Waals surface area contributed by atoms with Gasteiger partial charge in [-0.25, -0.2) is 9.78 Å². The lowest BCUT2D eigenvalue weighted by atomic mass is 10.1. The van der Waals surface area contributed by atoms with Gasteiger partial charge in [-0.2, -0.15) is 0 Å². The number of aliphatic carboxylic acids is 1. The van der Waals surface area contributed by atoms with E-state index in [9.17, 15) is 9.59 Å². The molecule has 1 aromatic heterocycles. The number of nitrogens with one attached hydrogen (secondary N) is 3.